The van der Waals surface area contributed by atoms with E-state index in [-0.39, 0.29) is 22.7 Å². The molecule has 0 atom stereocenters. The zero-order chi connectivity index (χ0) is 17.5. The molecule has 124 valence electrons. The summed E-state index contributed by atoms with van der Waals surface area (Å²) in [7, 11) is -3.30. The van der Waals surface area contributed by atoms with E-state index in [1.807, 2.05) is 0 Å². The van der Waals surface area contributed by atoms with Gasteiger partial charge in [0.1, 0.15) is 5.82 Å². The number of benzene rings is 2. The van der Waals surface area contributed by atoms with Gasteiger partial charge in [0.05, 0.1) is 17.1 Å². The van der Waals surface area contributed by atoms with Gasteiger partial charge in [0.15, 0.2) is 15.5 Å². The number of rotatable bonds is 3. The number of oxime groups is 1. The minimum absolute atomic E-state index is 0.139. The molecule has 2 aromatic rings. The maximum Gasteiger partial charge on any atom is 0.281 e. The van der Waals surface area contributed by atoms with Crippen LogP contribution in [-0.2, 0) is 21.2 Å². The van der Waals surface area contributed by atoms with Gasteiger partial charge in [-0.05, 0) is 35.9 Å². The molecule has 1 heterocycles. The van der Waals surface area contributed by atoms with E-state index in [1.54, 1.807) is 12.1 Å². The predicted octanol–water partition coefficient (Wildman–Crippen LogP) is 1.95. The maximum absolute atomic E-state index is 13.4. The normalized spacial score (nSPS) is 15.8. The van der Waals surface area contributed by atoms with Crippen molar-refractivity contribution in [3.63, 3.8) is 0 Å². The molecule has 1 aliphatic heterocycles. The van der Waals surface area contributed by atoms with Crippen LogP contribution in [0.15, 0.2) is 52.5 Å². The van der Waals surface area contributed by atoms with Gasteiger partial charge in [0, 0.05) is 11.8 Å². The monoisotopic (exact) mass is 348 g/mol. The van der Waals surface area contributed by atoms with Crippen molar-refractivity contribution in [1.29, 1.82) is 0 Å². The highest BCUT2D eigenvalue weighted by atomic mass is 32.2. The Kier molecular flexibility index (Phi) is 3.84. The molecular formula is C16H13FN2O4S. The fourth-order valence-electron chi connectivity index (χ4n) is 2.56. The summed E-state index contributed by atoms with van der Waals surface area (Å²) < 4.78 is 36.3. The zero-order valence-corrected chi connectivity index (χ0v) is 13.4. The molecule has 0 unspecified atom stereocenters. The molecule has 0 radical (unpaired) electrons. The van der Waals surface area contributed by atoms with Gasteiger partial charge in [-0.25, -0.2) is 12.8 Å². The van der Waals surface area contributed by atoms with Crippen LogP contribution in [0.3, 0.4) is 0 Å². The Labute approximate surface area is 137 Å². The van der Waals surface area contributed by atoms with E-state index < -0.39 is 21.6 Å². The molecule has 1 aliphatic rings. The molecular weight excluding hydrogens is 335 g/mol. The number of anilines is 1. The summed E-state index contributed by atoms with van der Waals surface area (Å²) in [5, 5.41) is 12.0. The number of hydrogen-bond donors (Lipinski definition) is 1. The lowest BCUT2D eigenvalue weighted by Crippen LogP contribution is -2.29. The lowest BCUT2D eigenvalue weighted by Gasteiger charge is -2.17. The number of carbonyl (C=O) groups is 1. The van der Waals surface area contributed by atoms with Crippen molar-refractivity contribution >= 4 is 27.1 Å². The van der Waals surface area contributed by atoms with Crippen LogP contribution in [0.4, 0.5) is 10.1 Å². The van der Waals surface area contributed by atoms with Gasteiger partial charge in [-0.15, -0.1) is 0 Å². The van der Waals surface area contributed by atoms with E-state index in [0.717, 1.165) is 12.3 Å². The highest BCUT2D eigenvalue weighted by molar-refractivity contribution is 7.90. The Balaban J connectivity index is 1.95. The van der Waals surface area contributed by atoms with Crippen LogP contribution in [0.25, 0.3) is 0 Å². The summed E-state index contributed by atoms with van der Waals surface area (Å²) in [6, 6.07) is 9.89. The quantitative estimate of drug-likeness (QED) is 0.678. The Hall–Kier alpha value is -2.74. The van der Waals surface area contributed by atoms with Crippen LogP contribution in [0.2, 0.25) is 0 Å². The average Bonchev–Trinajstić information content (AvgIpc) is 2.78. The number of halogens is 1. The molecule has 1 amide bonds. The number of carbonyl (C=O) groups excluding carboxylic acids is 1. The van der Waals surface area contributed by atoms with E-state index in [9.17, 15) is 17.6 Å². The number of hydrogen-bond acceptors (Lipinski definition) is 5. The fourth-order valence-corrected chi connectivity index (χ4v) is 3.19. The Bertz CT molecular complexity index is 953. The van der Waals surface area contributed by atoms with Gasteiger partial charge in [-0.1, -0.05) is 17.3 Å². The first-order valence-corrected chi connectivity index (χ1v) is 8.83. The molecule has 8 heteroatoms. The van der Waals surface area contributed by atoms with Gasteiger partial charge >= 0.3 is 0 Å². The highest BCUT2D eigenvalue weighted by Crippen LogP contribution is 2.31. The van der Waals surface area contributed by atoms with Crippen LogP contribution < -0.4 is 4.90 Å². The van der Waals surface area contributed by atoms with Crippen molar-refractivity contribution in [1.82, 2.24) is 0 Å². The van der Waals surface area contributed by atoms with Crippen molar-refractivity contribution in [3.8, 4) is 0 Å². The largest absolute Gasteiger partial charge is 0.410 e. The second-order valence-corrected chi connectivity index (χ2v) is 7.43. The summed E-state index contributed by atoms with van der Waals surface area (Å²) in [6.45, 7) is 0.139. The maximum atomic E-state index is 13.4. The first kappa shape index (κ1) is 16.1. The number of amides is 1. The van der Waals surface area contributed by atoms with Gasteiger partial charge < -0.3 is 10.1 Å². The van der Waals surface area contributed by atoms with Gasteiger partial charge in [0.25, 0.3) is 5.91 Å². The number of nitrogens with zero attached hydrogens (tertiary/aromatic N) is 2. The van der Waals surface area contributed by atoms with Gasteiger partial charge in [-0.2, -0.15) is 0 Å². The van der Waals surface area contributed by atoms with E-state index in [1.165, 1.54) is 29.2 Å². The van der Waals surface area contributed by atoms with Crippen molar-refractivity contribution < 1.29 is 22.8 Å². The van der Waals surface area contributed by atoms with E-state index in [0.29, 0.717) is 11.3 Å². The number of fused-ring (bicyclic) bond motifs is 1. The van der Waals surface area contributed by atoms with Crippen LogP contribution in [0.1, 0.15) is 11.1 Å². The SMILES string of the molecule is CS(=O)(=O)c1ccc(CN2C(=O)/C(=N\O)c3cc(F)ccc32)cc1. The summed E-state index contributed by atoms with van der Waals surface area (Å²) in [5.41, 5.74) is 1.11. The minimum Gasteiger partial charge on any atom is -0.410 e. The molecule has 1 N–H and O–H groups in total. The van der Waals surface area contributed by atoms with Crippen molar-refractivity contribution in [2.75, 3.05) is 11.2 Å². The molecule has 0 bridgehead atoms. The Morgan fingerprint density at radius 1 is 1.17 bits per heavy atom. The molecule has 0 saturated heterocycles. The minimum atomic E-state index is -3.30. The van der Waals surface area contributed by atoms with Crippen molar-refractivity contribution in [3.05, 3.63) is 59.4 Å². The molecule has 6 nitrogen and oxygen atoms in total. The van der Waals surface area contributed by atoms with Crippen molar-refractivity contribution in [2.45, 2.75) is 11.4 Å². The smallest absolute Gasteiger partial charge is 0.281 e. The van der Waals surface area contributed by atoms with E-state index in [4.69, 9.17) is 5.21 Å². The zero-order valence-electron chi connectivity index (χ0n) is 12.6. The van der Waals surface area contributed by atoms with Crippen LogP contribution in [0.5, 0.6) is 0 Å². The summed E-state index contributed by atoms with van der Waals surface area (Å²) in [6.07, 6.45) is 1.11. The third-order valence-corrected chi connectivity index (χ3v) is 4.87. The first-order chi connectivity index (χ1) is 11.3. The molecule has 0 fully saturated rings. The van der Waals surface area contributed by atoms with Crippen molar-refractivity contribution in [2.24, 2.45) is 5.16 Å². The predicted molar refractivity (Wildman–Crippen MR) is 85.5 cm³/mol. The summed E-state index contributed by atoms with van der Waals surface area (Å²) >= 11 is 0. The average molecular weight is 348 g/mol. The summed E-state index contributed by atoms with van der Waals surface area (Å²) in [4.78, 5) is 13.9. The third kappa shape index (κ3) is 2.76. The molecule has 24 heavy (non-hydrogen) atoms. The molecule has 2 aromatic carbocycles. The molecule has 0 saturated carbocycles. The van der Waals surface area contributed by atoms with Gasteiger partial charge in [-0.3, -0.25) is 4.79 Å². The lowest BCUT2D eigenvalue weighted by atomic mass is 10.1. The second kappa shape index (κ2) is 5.72. The third-order valence-electron chi connectivity index (χ3n) is 3.74. The lowest BCUT2D eigenvalue weighted by molar-refractivity contribution is -0.112. The second-order valence-electron chi connectivity index (χ2n) is 5.42. The Morgan fingerprint density at radius 2 is 1.83 bits per heavy atom. The van der Waals surface area contributed by atoms with Crippen LogP contribution >= 0.6 is 0 Å². The standard InChI is InChI=1S/C16H13FN2O4S/c1-24(22,23)12-5-2-10(3-6-12)9-19-14-7-4-11(17)8-13(14)15(18-21)16(19)20/h2-8,21H,9H2,1H3/b18-15-. The first-order valence-electron chi connectivity index (χ1n) is 6.94. The van der Waals surface area contributed by atoms with Gasteiger partial charge in [0.2, 0.25) is 0 Å². The van der Waals surface area contributed by atoms with E-state index in [2.05, 4.69) is 5.16 Å². The van der Waals surface area contributed by atoms with E-state index >= 15 is 0 Å². The van der Waals surface area contributed by atoms with Crippen LogP contribution in [0, 0.1) is 5.82 Å². The Morgan fingerprint density at radius 3 is 2.42 bits per heavy atom. The summed E-state index contributed by atoms with van der Waals surface area (Å²) in [5.74, 6) is -1.09. The molecule has 0 aromatic heterocycles. The number of sulfone groups is 1. The van der Waals surface area contributed by atoms with Crippen LogP contribution in [-0.4, -0.2) is 31.5 Å². The molecule has 3 rings (SSSR count). The fraction of sp³-hybridized carbons (Fsp3) is 0.125. The highest BCUT2D eigenvalue weighted by Gasteiger charge is 2.34. The topological polar surface area (TPSA) is 87.0 Å². The molecule has 0 spiro atoms. The molecule has 0 aliphatic carbocycles.